The molecule has 2 atom stereocenters. The maximum absolute atomic E-state index is 11.2. The molecular formula is C29H49Cl2N3O. The van der Waals surface area contributed by atoms with Crippen LogP contribution in [0.3, 0.4) is 0 Å². The van der Waals surface area contributed by atoms with Gasteiger partial charge in [-0.15, -0.1) is 13.2 Å². The van der Waals surface area contributed by atoms with Crippen LogP contribution in [0.5, 0.6) is 0 Å². The predicted molar refractivity (Wildman–Crippen MR) is 159 cm³/mol. The van der Waals surface area contributed by atoms with Crippen molar-refractivity contribution in [2.45, 2.75) is 59.9 Å². The standard InChI is InChI=1S/C15H24ClN3O.C12H21Cl.C2H4/c1-5-19(11-18(4)9-12(2)17-3)15-7-6-14(16)8-13(15)10-20;1-5-12(6-2)10(3)8-7-9-11(4)13;1-2/h6-8,10,12,17H,5,9,11H2,1-4H3;7-8,10,12H,4-6,9H2,1-3H3;1-2H2/b;8-7-;. The van der Waals surface area contributed by atoms with Crippen LogP contribution in [-0.2, 0) is 0 Å². The Labute approximate surface area is 226 Å². The van der Waals surface area contributed by atoms with E-state index in [1.165, 1.54) is 12.8 Å². The molecule has 0 amide bonds. The molecular weight excluding hydrogens is 477 g/mol. The Morgan fingerprint density at radius 2 is 1.77 bits per heavy atom. The van der Waals surface area contributed by atoms with E-state index in [-0.39, 0.29) is 0 Å². The predicted octanol–water partition coefficient (Wildman–Crippen LogP) is 8.04. The van der Waals surface area contributed by atoms with Gasteiger partial charge in [-0.05, 0) is 58.0 Å². The van der Waals surface area contributed by atoms with Crippen LogP contribution in [0.2, 0.25) is 5.02 Å². The van der Waals surface area contributed by atoms with Crippen LogP contribution >= 0.6 is 23.2 Å². The SMILES string of the molecule is C=C.C=C(Cl)C/C=C\C(C)C(CC)CC.CCN(CN(C)CC(C)NC)c1ccc(Cl)cc1C=O. The molecule has 1 N–H and O–H groups in total. The van der Waals surface area contributed by atoms with Gasteiger partial charge < -0.3 is 10.2 Å². The molecule has 0 fully saturated rings. The molecule has 0 heterocycles. The first-order valence-corrected chi connectivity index (χ1v) is 13.2. The fourth-order valence-electron chi connectivity index (χ4n) is 3.76. The van der Waals surface area contributed by atoms with Crippen LogP contribution in [0, 0.1) is 11.8 Å². The zero-order valence-electron chi connectivity index (χ0n) is 23.1. The number of anilines is 1. The lowest BCUT2D eigenvalue weighted by molar-refractivity contribution is 0.112. The minimum Gasteiger partial charge on any atom is -0.358 e. The summed E-state index contributed by atoms with van der Waals surface area (Å²) in [6.45, 7) is 23.2. The number of rotatable bonds is 14. The van der Waals surface area contributed by atoms with E-state index in [0.717, 1.165) is 44.1 Å². The van der Waals surface area contributed by atoms with Gasteiger partial charge in [-0.1, -0.05) is 75.5 Å². The summed E-state index contributed by atoms with van der Waals surface area (Å²) in [5, 5.41) is 4.53. The largest absolute Gasteiger partial charge is 0.358 e. The third-order valence-corrected chi connectivity index (χ3v) is 6.29. The molecule has 35 heavy (non-hydrogen) atoms. The average Bonchev–Trinajstić information content (AvgIpc) is 2.84. The van der Waals surface area contributed by atoms with Gasteiger partial charge in [0.1, 0.15) is 0 Å². The van der Waals surface area contributed by atoms with Crippen molar-refractivity contribution in [3.05, 3.63) is 65.7 Å². The summed E-state index contributed by atoms with van der Waals surface area (Å²) in [7, 11) is 4.03. The number of benzene rings is 1. The van der Waals surface area contributed by atoms with E-state index in [0.29, 0.717) is 27.6 Å². The third kappa shape index (κ3) is 15.9. The minimum atomic E-state index is 0.425. The number of nitrogens with one attached hydrogen (secondary N) is 1. The first-order valence-electron chi connectivity index (χ1n) is 12.5. The molecule has 6 heteroatoms. The summed E-state index contributed by atoms with van der Waals surface area (Å²) in [6.07, 6.45) is 8.54. The molecule has 0 spiro atoms. The van der Waals surface area contributed by atoms with Gasteiger partial charge in [-0.3, -0.25) is 9.69 Å². The third-order valence-electron chi connectivity index (χ3n) is 5.90. The van der Waals surface area contributed by atoms with Crippen molar-refractivity contribution in [2.75, 3.05) is 38.8 Å². The Balaban J connectivity index is 0. The van der Waals surface area contributed by atoms with Gasteiger partial charge in [0, 0.05) is 46.9 Å². The molecule has 0 aromatic heterocycles. The molecule has 0 saturated carbocycles. The maximum Gasteiger partial charge on any atom is 0.152 e. The fourth-order valence-corrected chi connectivity index (χ4v) is 4.03. The van der Waals surface area contributed by atoms with E-state index < -0.39 is 0 Å². The first kappa shape index (κ1) is 35.6. The lowest BCUT2D eigenvalue weighted by Crippen LogP contribution is -2.42. The Bertz CT molecular complexity index is 735. The normalized spacial score (nSPS) is 12.4. The molecule has 0 radical (unpaired) electrons. The highest BCUT2D eigenvalue weighted by molar-refractivity contribution is 6.31. The monoisotopic (exact) mass is 525 g/mol. The van der Waals surface area contributed by atoms with E-state index in [2.05, 4.69) is 88.7 Å². The van der Waals surface area contributed by atoms with Crippen molar-refractivity contribution >= 4 is 35.2 Å². The van der Waals surface area contributed by atoms with E-state index in [4.69, 9.17) is 23.2 Å². The van der Waals surface area contributed by atoms with Crippen LogP contribution in [0.1, 0.15) is 64.2 Å². The summed E-state index contributed by atoms with van der Waals surface area (Å²) in [5.74, 6) is 1.46. The molecule has 1 aromatic carbocycles. The molecule has 2 unspecified atom stereocenters. The van der Waals surface area contributed by atoms with Crippen molar-refractivity contribution < 1.29 is 4.79 Å². The molecule has 0 aliphatic heterocycles. The van der Waals surface area contributed by atoms with Crippen LogP contribution in [0.4, 0.5) is 5.69 Å². The van der Waals surface area contributed by atoms with Crippen molar-refractivity contribution in [1.29, 1.82) is 0 Å². The second kappa shape index (κ2) is 21.7. The summed E-state index contributed by atoms with van der Waals surface area (Å²) in [6, 6.07) is 5.87. The molecule has 0 saturated heterocycles. The average molecular weight is 527 g/mol. The molecule has 1 rings (SSSR count). The zero-order chi connectivity index (χ0) is 27.4. The maximum atomic E-state index is 11.2. The molecule has 4 nitrogen and oxygen atoms in total. The van der Waals surface area contributed by atoms with Crippen LogP contribution in [-0.4, -0.2) is 51.1 Å². The number of likely N-dealkylation sites (N-methyl/N-ethyl adjacent to an activating group) is 2. The number of hydrogen-bond donors (Lipinski definition) is 1. The second-order valence-electron chi connectivity index (χ2n) is 8.63. The minimum absolute atomic E-state index is 0.425. The van der Waals surface area contributed by atoms with Crippen LogP contribution in [0.15, 0.2) is 55.1 Å². The van der Waals surface area contributed by atoms with E-state index in [1.807, 2.05) is 19.2 Å². The van der Waals surface area contributed by atoms with Crippen molar-refractivity contribution in [2.24, 2.45) is 11.8 Å². The molecule has 200 valence electrons. The van der Waals surface area contributed by atoms with E-state index >= 15 is 0 Å². The van der Waals surface area contributed by atoms with Crippen LogP contribution in [0.25, 0.3) is 0 Å². The molecule has 1 aromatic rings. The Kier molecular flexibility index (Phi) is 22.0. The number of allylic oxidation sites excluding steroid dienone is 3. The van der Waals surface area contributed by atoms with Crippen molar-refractivity contribution in [3.8, 4) is 0 Å². The second-order valence-corrected chi connectivity index (χ2v) is 9.60. The highest BCUT2D eigenvalue weighted by Gasteiger charge is 2.13. The van der Waals surface area contributed by atoms with Gasteiger partial charge >= 0.3 is 0 Å². The van der Waals surface area contributed by atoms with Gasteiger partial charge in [0.2, 0.25) is 0 Å². The zero-order valence-corrected chi connectivity index (χ0v) is 24.6. The van der Waals surface area contributed by atoms with Gasteiger partial charge in [-0.2, -0.15) is 0 Å². The van der Waals surface area contributed by atoms with Gasteiger partial charge in [0.05, 0.1) is 6.67 Å². The number of nitrogens with zero attached hydrogens (tertiary/aromatic N) is 2. The van der Waals surface area contributed by atoms with Crippen molar-refractivity contribution in [1.82, 2.24) is 10.2 Å². The summed E-state index contributed by atoms with van der Waals surface area (Å²) in [5.41, 5.74) is 1.56. The highest BCUT2D eigenvalue weighted by Crippen LogP contribution is 2.23. The van der Waals surface area contributed by atoms with Gasteiger partial charge in [0.25, 0.3) is 0 Å². The number of aldehydes is 1. The quantitative estimate of drug-likeness (QED) is 0.151. The molecule has 0 aliphatic carbocycles. The number of carbonyl (C=O) groups excluding carboxylic acids is 1. The van der Waals surface area contributed by atoms with Gasteiger partial charge in [0.15, 0.2) is 6.29 Å². The first-order chi connectivity index (χ1) is 16.6. The smallest absolute Gasteiger partial charge is 0.152 e. The lowest BCUT2D eigenvalue weighted by atomic mass is 9.89. The lowest BCUT2D eigenvalue weighted by Gasteiger charge is -2.31. The summed E-state index contributed by atoms with van der Waals surface area (Å²) < 4.78 is 0. The summed E-state index contributed by atoms with van der Waals surface area (Å²) in [4.78, 5) is 15.6. The Morgan fingerprint density at radius 3 is 2.23 bits per heavy atom. The highest BCUT2D eigenvalue weighted by atomic mass is 35.5. The molecule has 0 bridgehead atoms. The number of carbonyl (C=O) groups is 1. The van der Waals surface area contributed by atoms with E-state index in [1.54, 1.807) is 6.07 Å². The number of halogens is 2. The van der Waals surface area contributed by atoms with Gasteiger partial charge in [-0.25, -0.2) is 0 Å². The van der Waals surface area contributed by atoms with Crippen molar-refractivity contribution in [3.63, 3.8) is 0 Å². The van der Waals surface area contributed by atoms with Crippen LogP contribution < -0.4 is 10.2 Å². The number of hydrogen-bond acceptors (Lipinski definition) is 4. The topological polar surface area (TPSA) is 35.6 Å². The Morgan fingerprint density at radius 1 is 1.17 bits per heavy atom. The summed E-state index contributed by atoms with van der Waals surface area (Å²) >= 11 is 11.6. The van der Waals surface area contributed by atoms with E-state index in [9.17, 15) is 4.79 Å². The fraction of sp³-hybridized carbons (Fsp3) is 0.552. The Hall–Kier alpha value is -1.59. The molecule has 0 aliphatic rings.